The fraction of sp³-hybridized carbons (Fsp3) is 0.368. The van der Waals surface area contributed by atoms with E-state index in [1.807, 2.05) is 6.07 Å². The molecule has 1 amide bonds. The van der Waals surface area contributed by atoms with E-state index in [0.29, 0.717) is 24.7 Å². The van der Waals surface area contributed by atoms with Crippen LogP contribution in [0.3, 0.4) is 0 Å². The van der Waals surface area contributed by atoms with E-state index in [1.165, 1.54) is 11.1 Å². The molecule has 1 aromatic carbocycles. The summed E-state index contributed by atoms with van der Waals surface area (Å²) >= 11 is 0. The molecule has 0 saturated heterocycles. The molecule has 24 heavy (non-hydrogen) atoms. The summed E-state index contributed by atoms with van der Waals surface area (Å²) in [5.74, 6) is 0.333. The van der Waals surface area contributed by atoms with Gasteiger partial charge in [0.05, 0.1) is 12.6 Å². The van der Waals surface area contributed by atoms with E-state index in [0.717, 1.165) is 19.3 Å². The van der Waals surface area contributed by atoms with Crippen LogP contribution in [0.2, 0.25) is 0 Å². The highest BCUT2D eigenvalue weighted by Gasteiger charge is 2.22. The van der Waals surface area contributed by atoms with Crippen LogP contribution in [0.1, 0.15) is 40.4 Å². The molecule has 0 spiro atoms. The Bertz CT molecular complexity index is 703. The molecular weight excluding hydrogens is 304 g/mol. The van der Waals surface area contributed by atoms with Gasteiger partial charge in [-0.05, 0) is 36.5 Å². The normalized spacial score (nSPS) is 16.3. The fourth-order valence-electron chi connectivity index (χ4n) is 3.00. The molecule has 5 nitrogen and oxygen atoms in total. The standard InChI is InChI=1S/C19H22N2O3/c1-23-11-12-24-18-13-15(9-10-20-18)19(22)21-17-8-4-6-14-5-2-3-7-16(14)17/h2-3,5,7,9-10,13,17H,4,6,8,11-12H2,1H3,(H,21,22). The molecule has 1 aliphatic carbocycles. The lowest BCUT2D eigenvalue weighted by Crippen LogP contribution is -2.31. The van der Waals surface area contributed by atoms with E-state index < -0.39 is 0 Å². The first-order chi connectivity index (χ1) is 11.8. The van der Waals surface area contributed by atoms with Crippen molar-refractivity contribution in [2.75, 3.05) is 20.3 Å². The molecule has 0 radical (unpaired) electrons. The Morgan fingerprint density at radius 1 is 1.29 bits per heavy atom. The van der Waals surface area contributed by atoms with Crippen LogP contribution in [0.5, 0.6) is 5.88 Å². The van der Waals surface area contributed by atoms with Crippen molar-refractivity contribution < 1.29 is 14.3 Å². The van der Waals surface area contributed by atoms with Crippen molar-refractivity contribution >= 4 is 5.91 Å². The van der Waals surface area contributed by atoms with Gasteiger partial charge in [0.1, 0.15) is 6.61 Å². The summed E-state index contributed by atoms with van der Waals surface area (Å²) in [4.78, 5) is 16.7. The summed E-state index contributed by atoms with van der Waals surface area (Å²) in [6.07, 6.45) is 4.72. The molecule has 5 heteroatoms. The monoisotopic (exact) mass is 326 g/mol. The van der Waals surface area contributed by atoms with E-state index in [-0.39, 0.29) is 11.9 Å². The van der Waals surface area contributed by atoms with Crippen molar-refractivity contribution in [2.24, 2.45) is 0 Å². The number of methoxy groups -OCH3 is 1. The third-order valence-electron chi connectivity index (χ3n) is 4.21. The minimum Gasteiger partial charge on any atom is -0.475 e. The lowest BCUT2D eigenvalue weighted by molar-refractivity contribution is 0.0931. The number of aromatic nitrogens is 1. The third kappa shape index (κ3) is 3.92. The number of fused-ring (bicyclic) bond motifs is 1. The van der Waals surface area contributed by atoms with Gasteiger partial charge in [0.25, 0.3) is 5.91 Å². The lowest BCUT2D eigenvalue weighted by atomic mass is 9.87. The molecule has 1 aromatic heterocycles. The van der Waals surface area contributed by atoms with Gasteiger partial charge in [-0.2, -0.15) is 0 Å². The van der Waals surface area contributed by atoms with Gasteiger partial charge in [-0.1, -0.05) is 24.3 Å². The van der Waals surface area contributed by atoms with Crippen LogP contribution in [0.25, 0.3) is 0 Å². The number of nitrogens with one attached hydrogen (secondary N) is 1. The number of hydrogen-bond acceptors (Lipinski definition) is 4. The molecule has 2 aromatic rings. The number of aryl methyl sites for hydroxylation is 1. The summed E-state index contributed by atoms with van der Waals surface area (Å²) in [5.41, 5.74) is 3.11. The van der Waals surface area contributed by atoms with Crippen LogP contribution in [0, 0.1) is 0 Å². The van der Waals surface area contributed by atoms with Crippen LogP contribution in [0.4, 0.5) is 0 Å². The molecule has 0 bridgehead atoms. The van der Waals surface area contributed by atoms with Gasteiger partial charge in [0.15, 0.2) is 0 Å². The van der Waals surface area contributed by atoms with Gasteiger partial charge in [0, 0.05) is 24.9 Å². The van der Waals surface area contributed by atoms with Crippen molar-refractivity contribution in [1.29, 1.82) is 0 Å². The lowest BCUT2D eigenvalue weighted by Gasteiger charge is -2.26. The van der Waals surface area contributed by atoms with Crippen molar-refractivity contribution in [3.05, 3.63) is 59.3 Å². The van der Waals surface area contributed by atoms with E-state index >= 15 is 0 Å². The Hall–Kier alpha value is -2.40. The number of ether oxygens (including phenoxy) is 2. The zero-order valence-electron chi connectivity index (χ0n) is 13.8. The molecule has 1 atom stereocenters. The molecule has 1 N–H and O–H groups in total. The second kappa shape index (κ2) is 7.93. The summed E-state index contributed by atoms with van der Waals surface area (Å²) in [7, 11) is 1.61. The predicted molar refractivity (Wildman–Crippen MR) is 91.2 cm³/mol. The van der Waals surface area contributed by atoms with Gasteiger partial charge >= 0.3 is 0 Å². The highest BCUT2D eigenvalue weighted by atomic mass is 16.5. The number of amides is 1. The zero-order valence-corrected chi connectivity index (χ0v) is 13.8. The highest BCUT2D eigenvalue weighted by molar-refractivity contribution is 5.94. The van der Waals surface area contributed by atoms with Gasteiger partial charge in [-0.15, -0.1) is 0 Å². The molecule has 0 saturated carbocycles. The Balaban J connectivity index is 1.68. The number of carbonyl (C=O) groups is 1. The Labute approximate surface area is 142 Å². The Morgan fingerprint density at radius 2 is 2.17 bits per heavy atom. The van der Waals surface area contributed by atoms with Crippen LogP contribution >= 0.6 is 0 Å². The molecule has 1 heterocycles. The maximum atomic E-state index is 12.6. The highest BCUT2D eigenvalue weighted by Crippen LogP contribution is 2.29. The molecule has 126 valence electrons. The molecule has 1 aliphatic rings. The van der Waals surface area contributed by atoms with E-state index in [1.54, 1.807) is 25.4 Å². The summed E-state index contributed by atoms with van der Waals surface area (Å²) < 4.78 is 10.4. The number of pyridine rings is 1. The molecular formula is C19H22N2O3. The van der Waals surface area contributed by atoms with Crippen molar-refractivity contribution in [3.8, 4) is 5.88 Å². The number of hydrogen-bond donors (Lipinski definition) is 1. The van der Waals surface area contributed by atoms with Crippen LogP contribution < -0.4 is 10.1 Å². The Kier molecular flexibility index (Phi) is 5.43. The summed E-state index contributed by atoms with van der Waals surface area (Å²) in [6.45, 7) is 0.890. The van der Waals surface area contributed by atoms with Gasteiger partial charge < -0.3 is 14.8 Å². The largest absolute Gasteiger partial charge is 0.475 e. The van der Waals surface area contributed by atoms with Gasteiger partial charge in [-0.3, -0.25) is 4.79 Å². The smallest absolute Gasteiger partial charge is 0.252 e. The Morgan fingerprint density at radius 3 is 3.04 bits per heavy atom. The topological polar surface area (TPSA) is 60.5 Å². The number of carbonyl (C=O) groups excluding carboxylic acids is 1. The molecule has 3 rings (SSSR count). The first-order valence-electron chi connectivity index (χ1n) is 8.24. The number of nitrogens with zero attached hydrogens (tertiary/aromatic N) is 1. The fourth-order valence-corrected chi connectivity index (χ4v) is 3.00. The first-order valence-corrected chi connectivity index (χ1v) is 8.24. The van der Waals surface area contributed by atoms with Crippen LogP contribution in [-0.2, 0) is 11.2 Å². The average Bonchev–Trinajstić information content (AvgIpc) is 2.62. The van der Waals surface area contributed by atoms with Crippen molar-refractivity contribution in [1.82, 2.24) is 10.3 Å². The molecule has 0 aliphatic heterocycles. The SMILES string of the molecule is COCCOc1cc(C(=O)NC2CCCc3ccccc32)ccn1. The van der Waals surface area contributed by atoms with E-state index in [4.69, 9.17) is 9.47 Å². The maximum Gasteiger partial charge on any atom is 0.252 e. The van der Waals surface area contributed by atoms with E-state index in [9.17, 15) is 4.79 Å². The minimum absolute atomic E-state index is 0.0634. The second-order valence-corrected chi connectivity index (χ2v) is 5.84. The maximum absolute atomic E-state index is 12.6. The molecule has 1 unspecified atom stereocenters. The van der Waals surface area contributed by atoms with Crippen molar-refractivity contribution in [2.45, 2.75) is 25.3 Å². The quantitative estimate of drug-likeness (QED) is 0.829. The molecule has 0 fully saturated rings. The van der Waals surface area contributed by atoms with Crippen molar-refractivity contribution in [3.63, 3.8) is 0 Å². The third-order valence-corrected chi connectivity index (χ3v) is 4.21. The predicted octanol–water partition coefficient (Wildman–Crippen LogP) is 2.91. The van der Waals surface area contributed by atoms with Gasteiger partial charge in [0.2, 0.25) is 5.88 Å². The van der Waals surface area contributed by atoms with E-state index in [2.05, 4.69) is 28.5 Å². The number of rotatable bonds is 6. The minimum atomic E-state index is -0.101. The average molecular weight is 326 g/mol. The van der Waals surface area contributed by atoms with Gasteiger partial charge in [-0.25, -0.2) is 4.98 Å². The summed E-state index contributed by atoms with van der Waals surface area (Å²) in [5, 5.41) is 3.14. The summed E-state index contributed by atoms with van der Waals surface area (Å²) in [6, 6.07) is 11.8. The van der Waals surface area contributed by atoms with Crippen LogP contribution in [-0.4, -0.2) is 31.2 Å². The van der Waals surface area contributed by atoms with Crippen LogP contribution in [0.15, 0.2) is 42.6 Å². The second-order valence-electron chi connectivity index (χ2n) is 5.84. The zero-order chi connectivity index (χ0) is 16.8. The first kappa shape index (κ1) is 16.5. The number of benzene rings is 1.